The first-order valence-electron chi connectivity index (χ1n) is 6.91. The maximum atomic E-state index is 12.4. The fraction of sp³-hybridized carbons (Fsp3) is 0.357. The van der Waals surface area contributed by atoms with Gasteiger partial charge in [-0.15, -0.1) is 11.3 Å². The molecule has 4 heterocycles. The van der Waals surface area contributed by atoms with Crippen molar-refractivity contribution in [3.05, 3.63) is 41.6 Å². The Morgan fingerprint density at radius 2 is 2.33 bits per heavy atom. The number of thiazole rings is 1. The van der Waals surface area contributed by atoms with Crippen molar-refractivity contribution in [2.75, 3.05) is 13.1 Å². The molecule has 7 heteroatoms. The Balaban J connectivity index is 1.55. The van der Waals surface area contributed by atoms with Crippen molar-refractivity contribution in [1.29, 1.82) is 0 Å². The van der Waals surface area contributed by atoms with Gasteiger partial charge in [0.05, 0.1) is 5.69 Å². The zero-order chi connectivity index (χ0) is 14.4. The molecule has 0 N–H and O–H groups in total. The van der Waals surface area contributed by atoms with Crippen LogP contribution in [-0.2, 0) is 7.05 Å². The Bertz CT molecular complexity index is 801. The van der Waals surface area contributed by atoms with Gasteiger partial charge in [-0.2, -0.15) is 5.10 Å². The number of carbonyl (C=O) groups excluding carboxylic acids is 1. The number of fused-ring (bicyclic) bond motifs is 1. The van der Waals surface area contributed by atoms with E-state index in [1.54, 1.807) is 28.3 Å². The van der Waals surface area contributed by atoms with E-state index in [0.29, 0.717) is 11.6 Å². The minimum absolute atomic E-state index is 0.0136. The zero-order valence-corrected chi connectivity index (χ0v) is 12.5. The molecule has 3 aromatic heterocycles. The Hall–Kier alpha value is -2.15. The first kappa shape index (κ1) is 12.6. The van der Waals surface area contributed by atoms with E-state index in [0.717, 1.165) is 25.2 Å². The summed E-state index contributed by atoms with van der Waals surface area (Å²) in [4.78, 5) is 20.0. The number of nitrogens with zero attached hydrogens (tertiary/aromatic N) is 5. The van der Waals surface area contributed by atoms with Gasteiger partial charge in [-0.05, 0) is 12.5 Å². The molecule has 3 aromatic rings. The average molecular weight is 301 g/mol. The molecule has 108 valence electrons. The SMILES string of the molecule is Cn1ccc(C(=O)N2CC[C@@H](c3ncn4ccsc34)C2)n1. The summed E-state index contributed by atoms with van der Waals surface area (Å²) in [5.41, 5.74) is 1.63. The molecule has 21 heavy (non-hydrogen) atoms. The molecule has 0 aliphatic carbocycles. The third-order valence-corrected chi connectivity index (χ3v) is 4.87. The van der Waals surface area contributed by atoms with E-state index in [4.69, 9.17) is 0 Å². The van der Waals surface area contributed by atoms with E-state index < -0.39 is 0 Å². The number of rotatable bonds is 2. The average Bonchev–Trinajstić information content (AvgIpc) is 3.21. The van der Waals surface area contributed by atoms with Crippen LogP contribution in [0.15, 0.2) is 30.2 Å². The molecule has 1 amide bonds. The number of hydrogen-bond acceptors (Lipinski definition) is 4. The number of hydrogen-bond donors (Lipinski definition) is 0. The fourth-order valence-corrected chi connectivity index (χ4v) is 3.78. The van der Waals surface area contributed by atoms with Gasteiger partial charge in [-0.1, -0.05) is 0 Å². The standard InChI is InChI=1S/C14H15N5OS/c1-17-4-3-11(16-17)13(20)18-5-2-10(8-18)12-14-19(9-15-12)6-7-21-14/h3-4,6-7,9-10H,2,5,8H2,1H3/t10-/m1/s1. The van der Waals surface area contributed by atoms with Gasteiger partial charge in [0.2, 0.25) is 0 Å². The maximum Gasteiger partial charge on any atom is 0.274 e. The van der Waals surface area contributed by atoms with E-state index in [9.17, 15) is 4.79 Å². The van der Waals surface area contributed by atoms with E-state index >= 15 is 0 Å². The highest BCUT2D eigenvalue weighted by Crippen LogP contribution is 2.31. The predicted molar refractivity (Wildman–Crippen MR) is 79.5 cm³/mol. The minimum Gasteiger partial charge on any atom is -0.337 e. The van der Waals surface area contributed by atoms with Crippen molar-refractivity contribution in [3.63, 3.8) is 0 Å². The van der Waals surface area contributed by atoms with Crippen LogP contribution >= 0.6 is 11.3 Å². The molecule has 4 rings (SSSR count). The molecule has 0 radical (unpaired) electrons. The topological polar surface area (TPSA) is 55.4 Å². The summed E-state index contributed by atoms with van der Waals surface area (Å²) in [6.07, 6.45) is 6.63. The van der Waals surface area contributed by atoms with Crippen LogP contribution in [0.3, 0.4) is 0 Å². The molecule has 1 aliphatic rings. The third-order valence-electron chi connectivity index (χ3n) is 3.97. The first-order chi connectivity index (χ1) is 10.2. The second-order valence-electron chi connectivity index (χ2n) is 5.36. The number of amides is 1. The predicted octanol–water partition coefficient (Wildman–Crippen LogP) is 1.76. The Morgan fingerprint density at radius 1 is 1.43 bits per heavy atom. The summed E-state index contributed by atoms with van der Waals surface area (Å²) in [6, 6.07) is 1.77. The van der Waals surface area contributed by atoms with Crippen LogP contribution in [0.25, 0.3) is 4.83 Å². The number of likely N-dealkylation sites (tertiary alicyclic amines) is 1. The largest absolute Gasteiger partial charge is 0.337 e. The number of aryl methyl sites for hydroxylation is 1. The number of carbonyl (C=O) groups is 1. The van der Waals surface area contributed by atoms with Crippen LogP contribution in [0.4, 0.5) is 0 Å². The smallest absolute Gasteiger partial charge is 0.274 e. The maximum absolute atomic E-state index is 12.4. The van der Waals surface area contributed by atoms with Gasteiger partial charge >= 0.3 is 0 Å². The van der Waals surface area contributed by atoms with Crippen LogP contribution in [0.5, 0.6) is 0 Å². The molecule has 0 aromatic carbocycles. The summed E-state index contributed by atoms with van der Waals surface area (Å²) in [7, 11) is 1.82. The van der Waals surface area contributed by atoms with Gasteiger partial charge in [0.25, 0.3) is 5.91 Å². The lowest BCUT2D eigenvalue weighted by Gasteiger charge is -2.14. The number of imidazole rings is 1. The monoisotopic (exact) mass is 301 g/mol. The van der Waals surface area contributed by atoms with Gasteiger partial charge in [0, 0.05) is 43.8 Å². The second-order valence-corrected chi connectivity index (χ2v) is 6.25. The van der Waals surface area contributed by atoms with Crippen molar-refractivity contribution < 1.29 is 4.79 Å². The van der Waals surface area contributed by atoms with Gasteiger partial charge in [0.1, 0.15) is 16.9 Å². The van der Waals surface area contributed by atoms with Crippen LogP contribution < -0.4 is 0 Å². The van der Waals surface area contributed by atoms with E-state index in [1.165, 1.54) is 4.83 Å². The number of aromatic nitrogens is 4. The summed E-state index contributed by atoms with van der Waals surface area (Å²) >= 11 is 1.70. The summed E-state index contributed by atoms with van der Waals surface area (Å²) in [5, 5.41) is 6.25. The molecule has 0 bridgehead atoms. The Kier molecular flexibility index (Phi) is 2.81. The molecular formula is C14H15N5OS. The van der Waals surface area contributed by atoms with Crippen molar-refractivity contribution in [3.8, 4) is 0 Å². The molecule has 1 saturated heterocycles. The van der Waals surface area contributed by atoms with E-state index in [2.05, 4.69) is 15.5 Å². The molecule has 1 atom stereocenters. The van der Waals surface area contributed by atoms with Crippen molar-refractivity contribution in [2.45, 2.75) is 12.3 Å². The van der Waals surface area contributed by atoms with E-state index in [-0.39, 0.29) is 5.91 Å². The van der Waals surface area contributed by atoms with Crippen molar-refractivity contribution >= 4 is 22.1 Å². The Labute approximate surface area is 125 Å². The molecule has 1 aliphatic heterocycles. The summed E-state index contributed by atoms with van der Waals surface area (Å²) in [5.74, 6) is 0.334. The third kappa shape index (κ3) is 2.04. The highest BCUT2D eigenvalue weighted by molar-refractivity contribution is 7.15. The highest BCUT2D eigenvalue weighted by Gasteiger charge is 2.31. The summed E-state index contributed by atoms with van der Waals surface area (Å²) in [6.45, 7) is 1.49. The highest BCUT2D eigenvalue weighted by atomic mass is 32.1. The molecule has 0 saturated carbocycles. The van der Waals surface area contributed by atoms with Crippen LogP contribution in [0, 0.1) is 0 Å². The normalized spacial score (nSPS) is 18.7. The Morgan fingerprint density at radius 3 is 3.14 bits per heavy atom. The van der Waals surface area contributed by atoms with Gasteiger partial charge < -0.3 is 4.90 Å². The molecular weight excluding hydrogens is 286 g/mol. The van der Waals surface area contributed by atoms with Crippen LogP contribution in [0.2, 0.25) is 0 Å². The quantitative estimate of drug-likeness (QED) is 0.725. The van der Waals surface area contributed by atoms with E-state index in [1.807, 2.05) is 28.9 Å². The van der Waals surface area contributed by atoms with Crippen molar-refractivity contribution in [1.82, 2.24) is 24.1 Å². The van der Waals surface area contributed by atoms with Gasteiger partial charge in [0.15, 0.2) is 0 Å². The molecule has 0 unspecified atom stereocenters. The molecule has 6 nitrogen and oxygen atoms in total. The molecule has 0 spiro atoms. The van der Waals surface area contributed by atoms with Crippen LogP contribution in [-0.4, -0.2) is 43.1 Å². The molecule has 1 fully saturated rings. The lowest BCUT2D eigenvalue weighted by Crippen LogP contribution is -2.29. The lowest BCUT2D eigenvalue weighted by atomic mass is 10.1. The zero-order valence-electron chi connectivity index (χ0n) is 11.6. The first-order valence-corrected chi connectivity index (χ1v) is 7.79. The second kappa shape index (κ2) is 4.70. The van der Waals surface area contributed by atoms with Gasteiger partial charge in [-0.3, -0.25) is 13.9 Å². The summed E-state index contributed by atoms with van der Waals surface area (Å²) < 4.78 is 3.70. The minimum atomic E-state index is 0.0136. The van der Waals surface area contributed by atoms with Crippen LogP contribution in [0.1, 0.15) is 28.5 Å². The van der Waals surface area contributed by atoms with Gasteiger partial charge in [-0.25, -0.2) is 4.98 Å². The fourth-order valence-electron chi connectivity index (χ4n) is 2.89. The lowest BCUT2D eigenvalue weighted by molar-refractivity contribution is 0.0784. The van der Waals surface area contributed by atoms with Crippen molar-refractivity contribution in [2.24, 2.45) is 7.05 Å².